The van der Waals surface area contributed by atoms with E-state index in [0.717, 1.165) is 22.0 Å². The number of hydrogen-bond acceptors (Lipinski definition) is 4. The summed E-state index contributed by atoms with van der Waals surface area (Å²) in [7, 11) is 0. The fraction of sp³-hybridized carbons (Fsp3) is 0.125. The zero-order chi connectivity index (χ0) is 20.2. The van der Waals surface area contributed by atoms with Crippen molar-refractivity contribution >= 4 is 22.6 Å². The Morgan fingerprint density at radius 3 is 2.55 bits per heavy atom. The molecule has 144 valence electrons. The van der Waals surface area contributed by atoms with Gasteiger partial charge in [-0.15, -0.1) is 0 Å². The van der Waals surface area contributed by atoms with Crippen LogP contribution in [0.4, 0.5) is 0 Å². The molecular formula is C24H20N2O3. The Balaban J connectivity index is 1.40. The highest BCUT2D eigenvalue weighted by Gasteiger charge is 2.12. The molecule has 0 fully saturated rings. The Morgan fingerprint density at radius 2 is 1.76 bits per heavy atom. The third-order valence-corrected chi connectivity index (χ3v) is 4.80. The van der Waals surface area contributed by atoms with Crippen LogP contribution < -0.4 is 5.32 Å². The van der Waals surface area contributed by atoms with Gasteiger partial charge in [-0.1, -0.05) is 48.5 Å². The van der Waals surface area contributed by atoms with Crippen molar-refractivity contribution in [1.82, 2.24) is 10.3 Å². The van der Waals surface area contributed by atoms with Gasteiger partial charge in [0, 0.05) is 29.3 Å². The number of rotatable bonds is 6. The molecule has 0 aliphatic rings. The van der Waals surface area contributed by atoms with Crippen LogP contribution in [-0.4, -0.2) is 23.2 Å². The molecule has 4 aromatic rings. The second kappa shape index (κ2) is 8.10. The first-order chi connectivity index (χ1) is 14.1. The number of benzene rings is 2. The number of aromatic nitrogens is 1. The average Bonchev–Trinajstić information content (AvgIpc) is 3.24. The lowest BCUT2D eigenvalue weighted by Crippen LogP contribution is -2.25. The molecule has 2 aromatic carbocycles. The van der Waals surface area contributed by atoms with Gasteiger partial charge in [0.15, 0.2) is 11.5 Å². The number of carbonyl (C=O) groups excluding carboxylic acids is 2. The first kappa shape index (κ1) is 18.6. The SMILES string of the molecule is CC(=O)c1ccc(-c2ccc(C(=O)NCCc3cccc4cccnc34)o2)cc1. The summed E-state index contributed by atoms with van der Waals surface area (Å²) in [5.41, 5.74) is 3.50. The topological polar surface area (TPSA) is 72.2 Å². The van der Waals surface area contributed by atoms with E-state index in [9.17, 15) is 9.59 Å². The molecule has 5 heteroatoms. The maximum atomic E-state index is 12.4. The highest BCUT2D eigenvalue weighted by Crippen LogP contribution is 2.23. The Morgan fingerprint density at radius 1 is 0.966 bits per heavy atom. The molecule has 0 aliphatic heterocycles. The van der Waals surface area contributed by atoms with Crippen molar-refractivity contribution in [3.63, 3.8) is 0 Å². The number of nitrogens with one attached hydrogen (secondary N) is 1. The molecular weight excluding hydrogens is 364 g/mol. The summed E-state index contributed by atoms with van der Waals surface area (Å²) in [6.45, 7) is 2.01. The summed E-state index contributed by atoms with van der Waals surface area (Å²) in [4.78, 5) is 28.2. The number of fused-ring (bicyclic) bond motifs is 1. The van der Waals surface area contributed by atoms with Crippen molar-refractivity contribution in [2.45, 2.75) is 13.3 Å². The molecule has 0 radical (unpaired) electrons. The third kappa shape index (κ3) is 4.09. The minimum absolute atomic E-state index is 0.0115. The van der Waals surface area contributed by atoms with Gasteiger partial charge in [0.2, 0.25) is 0 Å². The summed E-state index contributed by atoms with van der Waals surface area (Å²) >= 11 is 0. The van der Waals surface area contributed by atoms with Gasteiger partial charge in [0.25, 0.3) is 5.91 Å². The quantitative estimate of drug-likeness (QED) is 0.490. The van der Waals surface area contributed by atoms with Crippen molar-refractivity contribution in [1.29, 1.82) is 0 Å². The fourth-order valence-corrected chi connectivity index (χ4v) is 3.25. The van der Waals surface area contributed by atoms with Crippen LogP contribution in [0.25, 0.3) is 22.2 Å². The number of amides is 1. The lowest BCUT2D eigenvalue weighted by atomic mass is 10.1. The number of furan rings is 1. The summed E-state index contributed by atoms with van der Waals surface area (Å²) in [5.74, 6) is 0.595. The van der Waals surface area contributed by atoms with Gasteiger partial charge < -0.3 is 9.73 Å². The minimum Gasteiger partial charge on any atom is -0.451 e. The van der Waals surface area contributed by atoms with E-state index in [4.69, 9.17) is 4.42 Å². The predicted octanol–water partition coefficient (Wildman–Crippen LogP) is 4.67. The average molecular weight is 384 g/mol. The summed E-state index contributed by atoms with van der Waals surface area (Å²) in [6.07, 6.45) is 2.46. The Labute approximate surface area is 168 Å². The molecule has 1 N–H and O–H groups in total. The summed E-state index contributed by atoms with van der Waals surface area (Å²) < 4.78 is 5.70. The van der Waals surface area contributed by atoms with Crippen LogP contribution in [0, 0.1) is 0 Å². The highest BCUT2D eigenvalue weighted by atomic mass is 16.3. The van der Waals surface area contributed by atoms with Crippen LogP contribution in [0.3, 0.4) is 0 Å². The normalized spacial score (nSPS) is 10.8. The molecule has 0 saturated carbocycles. The van der Waals surface area contributed by atoms with Crippen LogP contribution in [0.2, 0.25) is 0 Å². The van der Waals surface area contributed by atoms with E-state index in [1.54, 1.807) is 30.5 Å². The summed E-state index contributed by atoms with van der Waals surface area (Å²) in [5, 5.41) is 3.98. The van der Waals surface area contributed by atoms with Crippen LogP contribution in [0.5, 0.6) is 0 Å². The monoisotopic (exact) mass is 384 g/mol. The molecule has 0 unspecified atom stereocenters. The molecule has 4 rings (SSSR count). The number of pyridine rings is 1. The van der Waals surface area contributed by atoms with Gasteiger partial charge in [0.05, 0.1) is 5.52 Å². The van der Waals surface area contributed by atoms with Gasteiger partial charge in [-0.05, 0) is 37.1 Å². The van der Waals surface area contributed by atoms with E-state index in [1.165, 1.54) is 6.92 Å². The zero-order valence-electron chi connectivity index (χ0n) is 16.0. The fourth-order valence-electron chi connectivity index (χ4n) is 3.25. The van der Waals surface area contributed by atoms with Crippen LogP contribution in [0.15, 0.2) is 77.3 Å². The summed E-state index contributed by atoms with van der Waals surface area (Å²) in [6, 6.07) is 20.5. The van der Waals surface area contributed by atoms with Gasteiger partial charge in [-0.25, -0.2) is 0 Å². The molecule has 0 spiro atoms. The minimum atomic E-state index is -0.259. The zero-order valence-corrected chi connectivity index (χ0v) is 16.0. The van der Waals surface area contributed by atoms with Gasteiger partial charge in [-0.2, -0.15) is 0 Å². The lowest BCUT2D eigenvalue weighted by Gasteiger charge is -2.06. The van der Waals surface area contributed by atoms with Crippen molar-refractivity contribution in [2.24, 2.45) is 0 Å². The molecule has 29 heavy (non-hydrogen) atoms. The maximum absolute atomic E-state index is 12.4. The maximum Gasteiger partial charge on any atom is 0.287 e. The first-order valence-electron chi connectivity index (χ1n) is 9.44. The number of Topliss-reactive ketones (excluding diaryl/α,β-unsaturated/α-hetero) is 1. The number of carbonyl (C=O) groups is 2. The standard InChI is InChI=1S/C24H20N2O3/c1-16(27)17-7-9-18(10-8-17)21-11-12-22(29-21)24(28)26-15-13-20-5-2-4-19-6-3-14-25-23(19)20/h2-12,14H,13,15H2,1H3,(H,26,28). The second-order valence-electron chi connectivity index (χ2n) is 6.80. The third-order valence-electron chi connectivity index (χ3n) is 4.80. The molecule has 0 saturated heterocycles. The van der Waals surface area contributed by atoms with E-state index in [0.29, 0.717) is 24.3 Å². The molecule has 0 atom stereocenters. The van der Waals surface area contributed by atoms with E-state index >= 15 is 0 Å². The Hall–Kier alpha value is -3.73. The number of hydrogen-bond donors (Lipinski definition) is 1. The van der Waals surface area contributed by atoms with Gasteiger partial charge in [0.1, 0.15) is 5.76 Å². The lowest BCUT2D eigenvalue weighted by molar-refractivity contribution is 0.0926. The second-order valence-corrected chi connectivity index (χ2v) is 6.80. The van der Waals surface area contributed by atoms with Crippen molar-refractivity contribution in [2.75, 3.05) is 6.54 Å². The Bertz CT molecular complexity index is 1170. The molecule has 2 heterocycles. The van der Waals surface area contributed by atoms with E-state index in [-0.39, 0.29) is 17.5 Å². The smallest absolute Gasteiger partial charge is 0.287 e. The van der Waals surface area contributed by atoms with Crippen molar-refractivity contribution in [3.8, 4) is 11.3 Å². The first-order valence-corrected chi connectivity index (χ1v) is 9.44. The van der Waals surface area contributed by atoms with Crippen molar-refractivity contribution < 1.29 is 14.0 Å². The van der Waals surface area contributed by atoms with Crippen LogP contribution in [0.1, 0.15) is 33.4 Å². The van der Waals surface area contributed by atoms with E-state index < -0.39 is 0 Å². The molecule has 0 aliphatic carbocycles. The number of ketones is 1. The molecule has 1 amide bonds. The van der Waals surface area contributed by atoms with E-state index in [2.05, 4.69) is 10.3 Å². The van der Waals surface area contributed by atoms with Crippen LogP contribution in [-0.2, 0) is 6.42 Å². The van der Waals surface area contributed by atoms with E-state index in [1.807, 2.05) is 42.5 Å². The number of nitrogens with zero attached hydrogens (tertiary/aromatic N) is 1. The largest absolute Gasteiger partial charge is 0.451 e. The van der Waals surface area contributed by atoms with Crippen LogP contribution >= 0.6 is 0 Å². The van der Waals surface area contributed by atoms with Gasteiger partial charge >= 0.3 is 0 Å². The predicted molar refractivity (Wildman–Crippen MR) is 112 cm³/mol. The Kier molecular flexibility index (Phi) is 5.20. The van der Waals surface area contributed by atoms with Crippen molar-refractivity contribution in [3.05, 3.63) is 89.8 Å². The molecule has 2 aromatic heterocycles. The molecule has 5 nitrogen and oxygen atoms in total. The molecule has 0 bridgehead atoms. The number of para-hydroxylation sites is 1. The van der Waals surface area contributed by atoms with Gasteiger partial charge in [-0.3, -0.25) is 14.6 Å². The highest BCUT2D eigenvalue weighted by molar-refractivity contribution is 5.94.